The number of ether oxygens (including phenoxy) is 1. The highest BCUT2D eigenvalue weighted by molar-refractivity contribution is 6.31. The fourth-order valence-corrected chi connectivity index (χ4v) is 3.34. The first kappa shape index (κ1) is 15.8. The summed E-state index contributed by atoms with van der Waals surface area (Å²) in [7, 11) is 1.99. The molecule has 114 valence electrons. The number of likely N-dealkylation sites (N-methyl/N-ethyl adjacent to an activating group) is 1. The van der Waals surface area contributed by atoms with Crippen LogP contribution in [0.4, 0.5) is 0 Å². The molecule has 1 aromatic rings. The van der Waals surface area contributed by atoms with Gasteiger partial charge in [0.2, 0.25) is 0 Å². The Morgan fingerprint density at radius 2 is 2.30 bits per heavy atom. The van der Waals surface area contributed by atoms with Crippen molar-refractivity contribution in [1.29, 1.82) is 0 Å². The summed E-state index contributed by atoms with van der Waals surface area (Å²) in [6.45, 7) is 7.04. The van der Waals surface area contributed by atoms with Gasteiger partial charge in [-0.2, -0.15) is 5.10 Å². The molecule has 0 aliphatic carbocycles. The van der Waals surface area contributed by atoms with Crippen LogP contribution < -0.4 is 5.32 Å². The zero-order chi connectivity index (χ0) is 14.5. The number of aryl methyl sites for hydroxylation is 2. The number of rotatable bonds is 7. The molecule has 2 unspecified atom stereocenters. The van der Waals surface area contributed by atoms with E-state index in [1.54, 1.807) is 0 Å². The minimum atomic E-state index is 0.448. The Bertz CT molecular complexity index is 427. The molecule has 0 aromatic carbocycles. The van der Waals surface area contributed by atoms with Crippen molar-refractivity contribution in [3.63, 3.8) is 0 Å². The lowest BCUT2D eigenvalue weighted by Crippen LogP contribution is -2.34. The van der Waals surface area contributed by atoms with Crippen LogP contribution in [0.3, 0.4) is 0 Å². The Labute approximate surface area is 126 Å². The first-order valence-electron chi connectivity index (χ1n) is 7.67. The fourth-order valence-electron chi connectivity index (χ4n) is 2.97. The molecule has 2 rings (SSSR count). The Morgan fingerprint density at radius 1 is 1.50 bits per heavy atom. The largest absolute Gasteiger partial charge is 0.381 e. The molecule has 4 nitrogen and oxygen atoms in total. The quantitative estimate of drug-likeness (QED) is 0.841. The molecule has 1 saturated heterocycles. The van der Waals surface area contributed by atoms with Crippen LogP contribution in [0.1, 0.15) is 38.1 Å². The van der Waals surface area contributed by atoms with Crippen molar-refractivity contribution in [2.45, 2.75) is 45.6 Å². The van der Waals surface area contributed by atoms with Gasteiger partial charge in [-0.25, -0.2) is 0 Å². The van der Waals surface area contributed by atoms with Crippen LogP contribution in [0, 0.1) is 5.92 Å². The zero-order valence-corrected chi connectivity index (χ0v) is 13.5. The summed E-state index contributed by atoms with van der Waals surface area (Å²) < 4.78 is 7.43. The van der Waals surface area contributed by atoms with Gasteiger partial charge in [-0.1, -0.05) is 25.4 Å². The number of hydrogen-bond acceptors (Lipinski definition) is 3. The molecule has 0 bridgehead atoms. The third-order valence-electron chi connectivity index (χ3n) is 4.08. The topological polar surface area (TPSA) is 39.1 Å². The molecule has 5 heteroatoms. The Hall–Kier alpha value is -0.580. The predicted molar refractivity (Wildman–Crippen MR) is 82.3 cm³/mol. The maximum absolute atomic E-state index is 6.45. The summed E-state index contributed by atoms with van der Waals surface area (Å²) in [5.41, 5.74) is 2.15. The Morgan fingerprint density at radius 3 is 2.85 bits per heavy atom. The second-order valence-electron chi connectivity index (χ2n) is 5.61. The van der Waals surface area contributed by atoms with Crippen molar-refractivity contribution in [2.75, 3.05) is 19.8 Å². The van der Waals surface area contributed by atoms with Crippen LogP contribution in [-0.2, 0) is 24.6 Å². The highest BCUT2D eigenvalue weighted by Gasteiger charge is 2.23. The van der Waals surface area contributed by atoms with Crippen molar-refractivity contribution >= 4 is 11.6 Å². The number of nitrogens with one attached hydrogen (secondary N) is 1. The van der Waals surface area contributed by atoms with Crippen molar-refractivity contribution in [3.8, 4) is 0 Å². The van der Waals surface area contributed by atoms with E-state index in [4.69, 9.17) is 16.3 Å². The molecule has 1 fully saturated rings. The van der Waals surface area contributed by atoms with Gasteiger partial charge < -0.3 is 10.1 Å². The van der Waals surface area contributed by atoms with Gasteiger partial charge in [0.05, 0.1) is 16.4 Å². The lowest BCUT2D eigenvalue weighted by molar-refractivity contribution is 0.181. The molecular weight excluding hydrogens is 274 g/mol. The molecule has 1 aliphatic rings. The van der Waals surface area contributed by atoms with Crippen LogP contribution in [0.5, 0.6) is 0 Å². The van der Waals surface area contributed by atoms with Crippen molar-refractivity contribution in [3.05, 3.63) is 16.4 Å². The highest BCUT2D eigenvalue weighted by Crippen LogP contribution is 2.25. The van der Waals surface area contributed by atoms with Crippen LogP contribution in [0.2, 0.25) is 5.02 Å². The molecule has 0 radical (unpaired) electrons. The lowest BCUT2D eigenvalue weighted by atomic mass is 9.96. The van der Waals surface area contributed by atoms with Crippen LogP contribution >= 0.6 is 11.6 Å². The van der Waals surface area contributed by atoms with Gasteiger partial charge in [0.15, 0.2) is 0 Å². The number of halogens is 1. The van der Waals surface area contributed by atoms with Crippen LogP contribution in [-0.4, -0.2) is 35.6 Å². The number of nitrogens with zero attached hydrogens (tertiary/aromatic N) is 2. The molecule has 20 heavy (non-hydrogen) atoms. The summed E-state index contributed by atoms with van der Waals surface area (Å²) in [4.78, 5) is 0. The van der Waals surface area contributed by atoms with E-state index in [0.717, 1.165) is 55.4 Å². The van der Waals surface area contributed by atoms with Gasteiger partial charge in [-0.3, -0.25) is 4.68 Å². The number of hydrogen-bond donors (Lipinski definition) is 1. The molecule has 0 saturated carbocycles. The van der Waals surface area contributed by atoms with Gasteiger partial charge in [0, 0.05) is 32.7 Å². The monoisotopic (exact) mass is 299 g/mol. The average molecular weight is 300 g/mol. The van der Waals surface area contributed by atoms with E-state index >= 15 is 0 Å². The Balaban J connectivity index is 2.04. The van der Waals surface area contributed by atoms with Crippen molar-refractivity contribution < 1.29 is 4.74 Å². The van der Waals surface area contributed by atoms with Gasteiger partial charge in [0.1, 0.15) is 0 Å². The third-order valence-corrected chi connectivity index (χ3v) is 4.51. The van der Waals surface area contributed by atoms with E-state index in [9.17, 15) is 0 Å². The SMILES string of the molecule is CCNC(Cc1c(Cl)c(CC)nn1C)CC1CCOC1. The smallest absolute Gasteiger partial charge is 0.0850 e. The highest BCUT2D eigenvalue weighted by atomic mass is 35.5. The molecular formula is C15H26ClN3O. The molecule has 1 aliphatic heterocycles. The van der Waals surface area contributed by atoms with E-state index < -0.39 is 0 Å². The maximum atomic E-state index is 6.45. The van der Waals surface area contributed by atoms with E-state index in [1.165, 1.54) is 6.42 Å². The Kier molecular flexibility index (Phi) is 5.87. The van der Waals surface area contributed by atoms with Crippen molar-refractivity contribution in [2.24, 2.45) is 13.0 Å². The third kappa shape index (κ3) is 3.74. The van der Waals surface area contributed by atoms with Gasteiger partial charge >= 0.3 is 0 Å². The van der Waals surface area contributed by atoms with Gasteiger partial charge in [-0.15, -0.1) is 0 Å². The van der Waals surface area contributed by atoms with Crippen LogP contribution in [0.15, 0.2) is 0 Å². The van der Waals surface area contributed by atoms with E-state index in [-0.39, 0.29) is 0 Å². The summed E-state index contributed by atoms with van der Waals surface area (Å²) in [5.74, 6) is 0.677. The number of aromatic nitrogens is 2. The minimum absolute atomic E-state index is 0.448. The van der Waals surface area contributed by atoms with Crippen molar-refractivity contribution in [1.82, 2.24) is 15.1 Å². The molecule has 0 amide bonds. The molecule has 1 N–H and O–H groups in total. The molecule has 2 heterocycles. The predicted octanol–water partition coefficient (Wildman–Crippen LogP) is 2.58. The van der Waals surface area contributed by atoms with Crippen LogP contribution in [0.25, 0.3) is 0 Å². The second kappa shape index (κ2) is 7.43. The van der Waals surface area contributed by atoms with Gasteiger partial charge in [0.25, 0.3) is 0 Å². The molecule has 2 atom stereocenters. The summed E-state index contributed by atoms with van der Waals surface area (Å²) >= 11 is 6.45. The lowest BCUT2D eigenvalue weighted by Gasteiger charge is -2.21. The fraction of sp³-hybridized carbons (Fsp3) is 0.800. The standard InChI is InChI=1S/C15H26ClN3O/c1-4-13-15(16)14(19(3)18-13)9-12(17-5-2)8-11-6-7-20-10-11/h11-12,17H,4-10H2,1-3H3. The summed E-state index contributed by atoms with van der Waals surface area (Å²) in [6.07, 6.45) is 4.15. The van der Waals surface area contributed by atoms with E-state index in [2.05, 4.69) is 24.3 Å². The summed E-state index contributed by atoms with van der Waals surface area (Å²) in [5, 5.41) is 8.94. The normalized spacial score (nSPS) is 20.5. The van der Waals surface area contributed by atoms with E-state index in [0.29, 0.717) is 12.0 Å². The van der Waals surface area contributed by atoms with Gasteiger partial charge in [-0.05, 0) is 31.7 Å². The average Bonchev–Trinajstić information content (AvgIpc) is 3.02. The molecule has 0 spiro atoms. The summed E-state index contributed by atoms with van der Waals surface area (Å²) in [6, 6.07) is 0.448. The minimum Gasteiger partial charge on any atom is -0.381 e. The van der Waals surface area contributed by atoms with E-state index in [1.807, 2.05) is 11.7 Å². The second-order valence-corrected chi connectivity index (χ2v) is 5.99. The first-order valence-corrected chi connectivity index (χ1v) is 8.04. The maximum Gasteiger partial charge on any atom is 0.0850 e. The zero-order valence-electron chi connectivity index (χ0n) is 12.8. The molecule has 1 aromatic heterocycles. The first-order chi connectivity index (χ1) is 9.65.